The molecular formula is C28H34N6O6. The second kappa shape index (κ2) is 13.9. The molecule has 0 bridgehead atoms. The summed E-state index contributed by atoms with van der Waals surface area (Å²) in [4.78, 5) is 64.9. The van der Waals surface area contributed by atoms with Crippen LogP contribution in [0.25, 0.3) is 10.9 Å². The third kappa shape index (κ3) is 8.40. The second-order valence-corrected chi connectivity index (χ2v) is 9.50. The van der Waals surface area contributed by atoms with Crippen LogP contribution in [0.15, 0.2) is 60.8 Å². The smallest absolute Gasteiger partial charge is 0.325 e. The van der Waals surface area contributed by atoms with Gasteiger partial charge in [-0.05, 0) is 37.5 Å². The van der Waals surface area contributed by atoms with Crippen LogP contribution < -0.4 is 27.0 Å². The molecule has 3 aromatic rings. The average molecular weight is 551 g/mol. The molecule has 12 heteroatoms. The lowest BCUT2D eigenvalue weighted by Gasteiger charge is -2.22. The molecule has 4 atom stereocenters. The average Bonchev–Trinajstić information content (AvgIpc) is 3.34. The lowest BCUT2D eigenvalue weighted by Crippen LogP contribution is -2.56. The van der Waals surface area contributed by atoms with Crippen molar-refractivity contribution in [1.29, 1.82) is 0 Å². The van der Waals surface area contributed by atoms with Crippen molar-refractivity contribution >= 4 is 40.5 Å². The SMILES string of the molecule is C[C@@H](NC(=O)CNC(=O)[C@@H](Cc1c[nH]c2ccccc12)NC(=O)[C@@H](C)NC(=O)[C@H](N)Cc1ccccc1)C(=O)O. The molecular weight excluding hydrogens is 516 g/mol. The van der Waals surface area contributed by atoms with E-state index in [9.17, 15) is 24.0 Å². The van der Waals surface area contributed by atoms with E-state index in [-0.39, 0.29) is 12.8 Å². The van der Waals surface area contributed by atoms with Gasteiger partial charge < -0.3 is 37.1 Å². The van der Waals surface area contributed by atoms with Crippen LogP contribution in [0.5, 0.6) is 0 Å². The van der Waals surface area contributed by atoms with Crippen molar-refractivity contribution in [3.05, 3.63) is 71.9 Å². The third-order valence-electron chi connectivity index (χ3n) is 6.29. The summed E-state index contributed by atoms with van der Waals surface area (Å²) >= 11 is 0. The van der Waals surface area contributed by atoms with Crippen molar-refractivity contribution in [2.45, 2.75) is 50.9 Å². The van der Waals surface area contributed by atoms with E-state index in [4.69, 9.17) is 10.8 Å². The Hall–Kier alpha value is -4.71. The Morgan fingerprint density at radius 2 is 1.50 bits per heavy atom. The summed E-state index contributed by atoms with van der Waals surface area (Å²) < 4.78 is 0. The number of para-hydroxylation sites is 1. The number of rotatable bonds is 13. The number of aromatic nitrogens is 1. The number of H-pyrrole nitrogens is 1. The molecule has 1 aromatic heterocycles. The number of carboxylic acids is 1. The van der Waals surface area contributed by atoms with Gasteiger partial charge in [-0.3, -0.25) is 24.0 Å². The summed E-state index contributed by atoms with van der Waals surface area (Å²) in [5.74, 6) is -3.72. The number of carbonyl (C=O) groups is 5. The van der Waals surface area contributed by atoms with E-state index in [0.29, 0.717) is 0 Å². The Balaban J connectivity index is 1.66. The number of hydrogen-bond acceptors (Lipinski definition) is 6. The summed E-state index contributed by atoms with van der Waals surface area (Å²) in [6.45, 7) is 2.28. The largest absolute Gasteiger partial charge is 0.480 e. The highest BCUT2D eigenvalue weighted by atomic mass is 16.4. The van der Waals surface area contributed by atoms with Crippen LogP contribution in [0.2, 0.25) is 0 Å². The lowest BCUT2D eigenvalue weighted by atomic mass is 10.0. The molecule has 12 nitrogen and oxygen atoms in total. The fourth-order valence-corrected chi connectivity index (χ4v) is 4.02. The number of nitrogens with two attached hydrogens (primary N) is 1. The minimum Gasteiger partial charge on any atom is -0.480 e. The minimum atomic E-state index is -1.22. The molecule has 3 rings (SSSR count). The monoisotopic (exact) mass is 550 g/mol. The van der Waals surface area contributed by atoms with E-state index >= 15 is 0 Å². The Kier molecular flexibility index (Phi) is 10.4. The predicted octanol–water partition coefficient (Wildman–Crippen LogP) is -0.0246. The summed E-state index contributed by atoms with van der Waals surface area (Å²) in [6.07, 6.45) is 2.10. The summed E-state index contributed by atoms with van der Waals surface area (Å²) in [6, 6.07) is 12.5. The third-order valence-corrected chi connectivity index (χ3v) is 6.29. The van der Waals surface area contributed by atoms with Crippen LogP contribution >= 0.6 is 0 Å². The molecule has 0 aliphatic carbocycles. The van der Waals surface area contributed by atoms with Crippen molar-refractivity contribution in [3.63, 3.8) is 0 Å². The zero-order valence-corrected chi connectivity index (χ0v) is 22.3. The van der Waals surface area contributed by atoms with Gasteiger partial charge in [0.2, 0.25) is 23.6 Å². The van der Waals surface area contributed by atoms with E-state index in [1.54, 1.807) is 6.20 Å². The van der Waals surface area contributed by atoms with Gasteiger partial charge in [-0.1, -0.05) is 48.5 Å². The van der Waals surface area contributed by atoms with Gasteiger partial charge in [0.15, 0.2) is 0 Å². The van der Waals surface area contributed by atoms with Crippen molar-refractivity contribution in [2.24, 2.45) is 5.73 Å². The zero-order valence-electron chi connectivity index (χ0n) is 22.3. The number of aromatic amines is 1. The van der Waals surface area contributed by atoms with Crippen molar-refractivity contribution in [3.8, 4) is 0 Å². The number of carbonyl (C=O) groups excluding carboxylic acids is 4. The Bertz CT molecular complexity index is 1360. The number of benzene rings is 2. The van der Waals surface area contributed by atoms with Crippen molar-refractivity contribution < 1.29 is 29.1 Å². The lowest BCUT2D eigenvalue weighted by molar-refractivity contribution is -0.141. The molecule has 212 valence electrons. The predicted molar refractivity (Wildman–Crippen MR) is 148 cm³/mol. The first-order valence-corrected chi connectivity index (χ1v) is 12.8. The number of fused-ring (bicyclic) bond motifs is 1. The Labute approximate surface area is 231 Å². The molecule has 0 unspecified atom stereocenters. The van der Waals surface area contributed by atoms with Crippen LogP contribution in [0.4, 0.5) is 0 Å². The number of hydrogen-bond donors (Lipinski definition) is 7. The van der Waals surface area contributed by atoms with Gasteiger partial charge in [-0.2, -0.15) is 0 Å². The van der Waals surface area contributed by atoms with Crippen LogP contribution in [0.1, 0.15) is 25.0 Å². The topological polar surface area (TPSA) is 196 Å². The first-order valence-electron chi connectivity index (χ1n) is 12.8. The quantitative estimate of drug-likeness (QED) is 0.155. The minimum absolute atomic E-state index is 0.0862. The van der Waals surface area contributed by atoms with Gasteiger partial charge in [-0.25, -0.2) is 0 Å². The maximum atomic E-state index is 13.1. The fraction of sp³-hybridized carbons (Fsp3) is 0.321. The highest BCUT2D eigenvalue weighted by molar-refractivity contribution is 5.95. The molecule has 4 amide bonds. The van der Waals surface area contributed by atoms with Gasteiger partial charge in [0.05, 0.1) is 12.6 Å². The maximum absolute atomic E-state index is 13.1. The molecule has 0 radical (unpaired) electrons. The summed E-state index contributed by atoms with van der Waals surface area (Å²) in [7, 11) is 0. The summed E-state index contributed by atoms with van der Waals surface area (Å²) in [5.41, 5.74) is 8.50. The van der Waals surface area contributed by atoms with Crippen molar-refractivity contribution in [1.82, 2.24) is 26.3 Å². The molecule has 0 fully saturated rings. The Morgan fingerprint density at radius 1 is 0.825 bits per heavy atom. The molecule has 0 aliphatic heterocycles. The first kappa shape index (κ1) is 29.8. The van der Waals surface area contributed by atoms with Crippen LogP contribution in [-0.2, 0) is 36.8 Å². The van der Waals surface area contributed by atoms with Gasteiger partial charge in [0, 0.05) is 23.5 Å². The molecule has 1 heterocycles. The van der Waals surface area contributed by atoms with E-state index in [1.165, 1.54) is 13.8 Å². The van der Waals surface area contributed by atoms with E-state index in [0.717, 1.165) is 22.0 Å². The molecule has 8 N–H and O–H groups in total. The standard InChI is InChI=1S/C28H34N6O6/c1-16(33-26(37)21(29)12-18-8-4-3-5-9-18)25(36)34-23(13-19-14-30-22-11-7-6-10-20(19)22)27(38)31-15-24(35)32-17(2)28(39)40/h3-11,14,16-17,21,23,30H,12-13,15,29H2,1-2H3,(H,31,38)(H,32,35)(H,33,37)(H,34,36)(H,39,40)/t16-,17-,21-,23-/m1/s1. The number of amides is 4. The van der Waals surface area contributed by atoms with Crippen LogP contribution in [0, 0.1) is 0 Å². The van der Waals surface area contributed by atoms with E-state index in [2.05, 4.69) is 26.3 Å². The molecule has 0 spiro atoms. The molecule has 0 saturated heterocycles. The Morgan fingerprint density at radius 3 is 2.20 bits per heavy atom. The highest BCUT2D eigenvalue weighted by Gasteiger charge is 2.27. The van der Waals surface area contributed by atoms with E-state index < -0.39 is 60.3 Å². The van der Waals surface area contributed by atoms with Gasteiger partial charge >= 0.3 is 5.97 Å². The van der Waals surface area contributed by atoms with E-state index in [1.807, 2.05) is 54.6 Å². The molecule has 0 saturated carbocycles. The van der Waals surface area contributed by atoms with Crippen molar-refractivity contribution in [2.75, 3.05) is 6.54 Å². The number of aliphatic carboxylic acids is 1. The second-order valence-electron chi connectivity index (χ2n) is 9.50. The number of nitrogens with one attached hydrogen (secondary N) is 5. The van der Waals surface area contributed by atoms with Gasteiger partial charge in [-0.15, -0.1) is 0 Å². The van der Waals surface area contributed by atoms with Crippen LogP contribution in [-0.4, -0.2) is 70.4 Å². The maximum Gasteiger partial charge on any atom is 0.325 e. The first-order chi connectivity index (χ1) is 19.0. The molecule has 0 aliphatic rings. The van der Waals surface area contributed by atoms with Gasteiger partial charge in [0.25, 0.3) is 0 Å². The highest BCUT2D eigenvalue weighted by Crippen LogP contribution is 2.19. The normalized spacial score (nSPS) is 13.9. The molecule has 40 heavy (non-hydrogen) atoms. The fourth-order valence-electron chi connectivity index (χ4n) is 4.02. The summed E-state index contributed by atoms with van der Waals surface area (Å²) in [5, 5.41) is 19.7. The molecule has 2 aromatic carbocycles. The van der Waals surface area contributed by atoms with Gasteiger partial charge in [0.1, 0.15) is 18.1 Å². The zero-order chi connectivity index (χ0) is 29.2. The van der Waals surface area contributed by atoms with Crippen LogP contribution in [0.3, 0.4) is 0 Å². The number of carboxylic acid groups (broad SMARTS) is 1.